The molecule has 3 nitrogen and oxygen atoms in total. The maximum atomic E-state index is 4.85. The molecule has 0 saturated carbocycles. The van der Waals surface area contributed by atoms with E-state index in [-0.39, 0.29) is 0 Å². The predicted octanol–water partition coefficient (Wildman–Crippen LogP) is 3.67. The lowest BCUT2D eigenvalue weighted by atomic mass is 10.0. The van der Waals surface area contributed by atoms with E-state index >= 15 is 0 Å². The van der Waals surface area contributed by atoms with Crippen LogP contribution in [0.15, 0.2) is 18.2 Å². The van der Waals surface area contributed by atoms with Crippen LogP contribution in [0.2, 0.25) is 0 Å². The lowest BCUT2D eigenvalue weighted by molar-refractivity contribution is 0.322. The number of hydrogen-bond donors (Lipinski definition) is 1. The standard InChI is InChI=1S/C18H25N3/c1-12-7-8-16-13(2)10-17(20-18(16)14(12)3)19-11-15-6-5-9-21(15)4/h7-8,10,15H,5-6,9,11H2,1-4H3,(H,19,20)/t15-/m1/s1. The van der Waals surface area contributed by atoms with Crippen LogP contribution >= 0.6 is 0 Å². The third-order valence-electron chi connectivity index (χ3n) is 4.90. The normalized spacial score (nSPS) is 19.3. The molecule has 21 heavy (non-hydrogen) atoms. The molecule has 0 radical (unpaired) electrons. The second-order valence-corrected chi connectivity index (χ2v) is 6.39. The van der Waals surface area contributed by atoms with E-state index in [1.54, 1.807) is 0 Å². The third kappa shape index (κ3) is 2.75. The quantitative estimate of drug-likeness (QED) is 0.931. The summed E-state index contributed by atoms with van der Waals surface area (Å²) in [4.78, 5) is 7.29. The number of benzene rings is 1. The van der Waals surface area contributed by atoms with Gasteiger partial charge in [-0.3, -0.25) is 0 Å². The predicted molar refractivity (Wildman–Crippen MR) is 90.1 cm³/mol. The molecule has 2 aromatic rings. The van der Waals surface area contributed by atoms with Gasteiger partial charge >= 0.3 is 0 Å². The zero-order valence-electron chi connectivity index (χ0n) is 13.5. The SMILES string of the molecule is Cc1ccc2c(C)cc(NC[C@H]3CCCN3C)nc2c1C. The Morgan fingerprint density at radius 2 is 2.05 bits per heavy atom. The van der Waals surface area contributed by atoms with Crippen molar-refractivity contribution in [1.29, 1.82) is 0 Å². The van der Waals surface area contributed by atoms with Gasteiger partial charge in [0.1, 0.15) is 5.82 Å². The van der Waals surface area contributed by atoms with E-state index in [0.29, 0.717) is 6.04 Å². The number of nitrogens with one attached hydrogen (secondary N) is 1. The highest BCUT2D eigenvalue weighted by Crippen LogP contribution is 2.25. The Hall–Kier alpha value is -1.61. The van der Waals surface area contributed by atoms with Gasteiger partial charge in [0, 0.05) is 18.0 Å². The fourth-order valence-corrected chi connectivity index (χ4v) is 3.25. The van der Waals surface area contributed by atoms with Crippen molar-refractivity contribution in [1.82, 2.24) is 9.88 Å². The number of aryl methyl sites for hydroxylation is 3. The summed E-state index contributed by atoms with van der Waals surface area (Å²) in [5.41, 5.74) is 5.03. The van der Waals surface area contributed by atoms with Crippen molar-refractivity contribution in [3.63, 3.8) is 0 Å². The van der Waals surface area contributed by atoms with Crippen LogP contribution < -0.4 is 5.32 Å². The van der Waals surface area contributed by atoms with E-state index < -0.39 is 0 Å². The van der Waals surface area contributed by atoms with Crippen LogP contribution in [0.3, 0.4) is 0 Å². The molecule has 1 aliphatic heterocycles. The Bertz CT molecular complexity index is 663. The van der Waals surface area contributed by atoms with Crippen LogP contribution in [0.1, 0.15) is 29.5 Å². The number of hydrogen-bond acceptors (Lipinski definition) is 3. The molecule has 1 atom stereocenters. The fraction of sp³-hybridized carbons (Fsp3) is 0.500. The second kappa shape index (κ2) is 5.64. The van der Waals surface area contributed by atoms with Crippen molar-refractivity contribution in [2.45, 2.75) is 39.7 Å². The minimum Gasteiger partial charge on any atom is -0.368 e. The van der Waals surface area contributed by atoms with Crippen molar-refractivity contribution in [3.05, 3.63) is 34.9 Å². The van der Waals surface area contributed by atoms with Crippen LogP contribution in [-0.2, 0) is 0 Å². The molecule has 1 aliphatic rings. The zero-order chi connectivity index (χ0) is 15.0. The molecule has 3 heteroatoms. The number of anilines is 1. The number of nitrogens with zero attached hydrogens (tertiary/aromatic N) is 2. The second-order valence-electron chi connectivity index (χ2n) is 6.39. The number of rotatable bonds is 3. The first kappa shape index (κ1) is 14.3. The first-order valence-electron chi connectivity index (χ1n) is 7.88. The van der Waals surface area contributed by atoms with Gasteiger partial charge in [-0.2, -0.15) is 0 Å². The zero-order valence-corrected chi connectivity index (χ0v) is 13.5. The molecule has 1 aromatic heterocycles. The van der Waals surface area contributed by atoms with Crippen molar-refractivity contribution in [2.24, 2.45) is 0 Å². The van der Waals surface area contributed by atoms with Gasteiger partial charge in [0.25, 0.3) is 0 Å². The molecule has 1 aromatic carbocycles. The molecule has 1 saturated heterocycles. The van der Waals surface area contributed by atoms with Crippen LogP contribution in [0.5, 0.6) is 0 Å². The molecule has 0 amide bonds. The maximum absolute atomic E-state index is 4.85. The molecule has 112 valence electrons. The third-order valence-corrected chi connectivity index (χ3v) is 4.90. The highest BCUT2D eigenvalue weighted by atomic mass is 15.2. The monoisotopic (exact) mass is 283 g/mol. The molecule has 2 heterocycles. The van der Waals surface area contributed by atoms with Gasteiger partial charge < -0.3 is 10.2 Å². The fourth-order valence-electron chi connectivity index (χ4n) is 3.25. The largest absolute Gasteiger partial charge is 0.368 e. The first-order chi connectivity index (χ1) is 10.1. The lowest BCUT2D eigenvalue weighted by Gasteiger charge is -2.20. The van der Waals surface area contributed by atoms with E-state index in [9.17, 15) is 0 Å². The molecule has 1 fully saturated rings. The number of aromatic nitrogens is 1. The summed E-state index contributed by atoms with van der Waals surface area (Å²) in [6, 6.07) is 7.19. The number of fused-ring (bicyclic) bond motifs is 1. The average molecular weight is 283 g/mol. The van der Waals surface area contributed by atoms with E-state index in [0.717, 1.165) is 17.9 Å². The molecule has 0 unspecified atom stereocenters. The summed E-state index contributed by atoms with van der Waals surface area (Å²) < 4.78 is 0. The Morgan fingerprint density at radius 3 is 2.76 bits per heavy atom. The summed E-state index contributed by atoms with van der Waals surface area (Å²) in [6.45, 7) is 8.69. The van der Waals surface area contributed by atoms with E-state index in [1.807, 2.05) is 0 Å². The highest BCUT2D eigenvalue weighted by Gasteiger charge is 2.20. The summed E-state index contributed by atoms with van der Waals surface area (Å²) in [5.74, 6) is 1.01. The molecule has 0 bridgehead atoms. The first-order valence-corrected chi connectivity index (χ1v) is 7.88. The van der Waals surface area contributed by atoms with Gasteiger partial charge in [0.2, 0.25) is 0 Å². The summed E-state index contributed by atoms with van der Waals surface area (Å²) >= 11 is 0. The summed E-state index contributed by atoms with van der Waals surface area (Å²) in [7, 11) is 2.21. The lowest BCUT2D eigenvalue weighted by Crippen LogP contribution is -2.31. The molecule has 0 spiro atoms. The van der Waals surface area contributed by atoms with Crippen molar-refractivity contribution in [2.75, 3.05) is 25.5 Å². The van der Waals surface area contributed by atoms with Crippen molar-refractivity contribution >= 4 is 16.7 Å². The van der Waals surface area contributed by atoms with E-state index in [2.05, 4.69) is 56.2 Å². The maximum Gasteiger partial charge on any atom is 0.126 e. The van der Waals surface area contributed by atoms with Gasteiger partial charge in [-0.1, -0.05) is 12.1 Å². The van der Waals surface area contributed by atoms with E-state index in [4.69, 9.17) is 4.98 Å². The van der Waals surface area contributed by atoms with Crippen LogP contribution in [0, 0.1) is 20.8 Å². The minimum atomic E-state index is 0.640. The number of likely N-dealkylation sites (tertiary alicyclic amines) is 1. The molecular formula is C18H25N3. The smallest absolute Gasteiger partial charge is 0.126 e. The summed E-state index contributed by atoms with van der Waals surface area (Å²) in [6.07, 6.45) is 2.60. The van der Waals surface area contributed by atoms with Gasteiger partial charge in [-0.05, 0) is 70.0 Å². The van der Waals surface area contributed by atoms with Crippen LogP contribution in [-0.4, -0.2) is 36.1 Å². The van der Waals surface area contributed by atoms with Gasteiger partial charge in [0.05, 0.1) is 5.52 Å². The summed E-state index contributed by atoms with van der Waals surface area (Å²) in [5, 5.41) is 4.81. The average Bonchev–Trinajstić information content (AvgIpc) is 2.86. The van der Waals surface area contributed by atoms with Crippen LogP contribution in [0.4, 0.5) is 5.82 Å². The highest BCUT2D eigenvalue weighted by molar-refractivity contribution is 5.87. The molecule has 0 aliphatic carbocycles. The van der Waals surface area contributed by atoms with Gasteiger partial charge in [-0.25, -0.2) is 4.98 Å². The van der Waals surface area contributed by atoms with Gasteiger partial charge in [0.15, 0.2) is 0 Å². The Morgan fingerprint density at radius 1 is 1.24 bits per heavy atom. The Balaban J connectivity index is 1.87. The Kier molecular flexibility index (Phi) is 3.85. The minimum absolute atomic E-state index is 0.640. The molecule has 1 N–H and O–H groups in total. The van der Waals surface area contributed by atoms with E-state index in [1.165, 1.54) is 41.5 Å². The molecule has 3 rings (SSSR count). The molecular weight excluding hydrogens is 258 g/mol. The number of likely N-dealkylation sites (N-methyl/N-ethyl adjacent to an activating group) is 1. The number of pyridine rings is 1. The van der Waals surface area contributed by atoms with Crippen molar-refractivity contribution < 1.29 is 0 Å². The Labute approximate surface area is 127 Å². The van der Waals surface area contributed by atoms with Crippen molar-refractivity contribution in [3.8, 4) is 0 Å². The van der Waals surface area contributed by atoms with Crippen LogP contribution in [0.25, 0.3) is 10.9 Å². The van der Waals surface area contributed by atoms with Gasteiger partial charge in [-0.15, -0.1) is 0 Å². The topological polar surface area (TPSA) is 28.2 Å².